The van der Waals surface area contributed by atoms with E-state index in [4.69, 9.17) is 4.43 Å². The van der Waals surface area contributed by atoms with Gasteiger partial charge in [-0.15, -0.1) is 0 Å². The average Bonchev–Trinajstić information content (AvgIpc) is 2.00. The lowest BCUT2D eigenvalue weighted by Crippen LogP contribution is -2.44. The van der Waals surface area contributed by atoms with Crippen molar-refractivity contribution in [3.63, 3.8) is 0 Å². The van der Waals surface area contributed by atoms with Crippen LogP contribution in [-0.2, 0) is 4.43 Å². The van der Waals surface area contributed by atoms with Crippen LogP contribution in [0.4, 0.5) is 0 Å². The average molecular weight is 340 g/mol. The second-order valence-corrected chi connectivity index (χ2v) is 11.5. The van der Waals surface area contributed by atoms with Crippen LogP contribution in [0.15, 0.2) is 12.2 Å². The summed E-state index contributed by atoms with van der Waals surface area (Å²) in [7, 11) is -1.63. The predicted molar refractivity (Wildman–Crippen MR) is 80.4 cm³/mol. The molecule has 1 nitrogen and oxygen atoms in total. The molecule has 0 N–H and O–H groups in total. The lowest BCUT2D eigenvalue weighted by Gasteiger charge is -2.39. The van der Waals surface area contributed by atoms with Crippen molar-refractivity contribution in [1.82, 2.24) is 0 Å². The molecule has 90 valence electrons. The zero-order valence-electron chi connectivity index (χ0n) is 11.0. The van der Waals surface area contributed by atoms with Crippen molar-refractivity contribution in [2.24, 2.45) is 0 Å². The van der Waals surface area contributed by atoms with Gasteiger partial charge in [0.25, 0.3) is 0 Å². The minimum Gasteiger partial charge on any atom is -0.410 e. The Morgan fingerprint density at radius 3 is 2.13 bits per heavy atom. The highest BCUT2D eigenvalue weighted by molar-refractivity contribution is 14.1. The highest BCUT2D eigenvalue weighted by Crippen LogP contribution is 2.38. The molecule has 0 heterocycles. The number of alkyl halides is 1. The van der Waals surface area contributed by atoms with Crippen LogP contribution in [0.2, 0.25) is 18.1 Å². The molecule has 0 aliphatic rings. The molecule has 1 atom stereocenters. The summed E-state index contributed by atoms with van der Waals surface area (Å²) >= 11 is 2.40. The molecule has 0 bridgehead atoms. The van der Waals surface area contributed by atoms with Crippen LogP contribution in [0.5, 0.6) is 0 Å². The molecule has 0 aliphatic heterocycles. The molecule has 0 radical (unpaired) electrons. The molecule has 0 fully saturated rings. The molecule has 0 aromatic carbocycles. The third kappa shape index (κ3) is 5.00. The molecule has 0 aliphatic carbocycles. The summed E-state index contributed by atoms with van der Waals surface area (Å²) in [5.41, 5.74) is 1.16. The first-order valence-electron chi connectivity index (χ1n) is 5.51. The van der Waals surface area contributed by atoms with Gasteiger partial charge in [-0.2, -0.15) is 0 Å². The Hall–Kier alpha value is 0.647. The molecular weight excluding hydrogens is 315 g/mol. The quantitative estimate of drug-likeness (QED) is 0.303. The third-order valence-corrected chi connectivity index (χ3v) is 8.27. The van der Waals surface area contributed by atoms with Gasteiger partial charge in [0.2, 0.25) is 0 Å². The van der Waals surface area contributed by atoms with Gasteiger partial charge in [0.05, 0.1) is 6.10 Å². The first kappa shape index (κ1) is 15.6. The highest BCUT2D eigenvalue weighted by atomic mass is 127. The maximum atomic E-state index is 6.34. The molecule has 0 amide bonds. The van der Waals surface area contributed by atoms with E-state index in [-0.39, 0.29) is 11.1 Å². The standard InChI is InChI=1S/C12H25IOSi/c1-10(2)11(8-9-13)14-15(6,7)12(3,4)5/h11H,1,8-9H2,2-7H3. The van der Waals surface area contributed by atoms with Crippen molar-refractivity contribution >= 4 is 30.9 Å². The van der Waals surface area contributed by atoms with E-state index in [0.717, 1.165) is 16.4 Å². The van der Waals surface area contributed by atoms with Crippen molar-refractivity contribution in [3.8, 4) is 0 Å². The first-order valence-corrected chi connectivity index (χ1v) is 9.94. The Balaban J connectivity index is 4.59. The molecule has 1 unspecified atom stereocenters. The molecular formula is C12H25IOSi. The molecule has 0 aromatic heterocycles. The SMILES string of the molecule is C=C(C)C(CCI)O[Si](C)(C)C(C)(C)C. The maximum absolute atomic E-state index is 6.34. The van der Waals surface area contributed by atoms with E-state index in [2.05, 4.69) is 70.0 Å². The van der Waals surface area contributed by atoms with Crippen molar-refractivity contribution in [3.05, 3.63) is 12.2 Å². The minimum atomic E-state index is -1.63. The second kappa shape index (κ2) is 5.82. The zero-order chi connectivity index (χ0) is 12.3. The van der Waals surface area contributed by atoms with Gasteiger partial charge >= 0.3 is 0 Å². The Morgan fingerprint density at radius 2 is 1.87 bits per heavy atom. The Kier molecular flexibility index (Phi) is 6.07. The number of hydrogen-bond donors (Lipinski definition) is 0. The number of halogens is 1. The van der Waals surface area contributed by atoms with Gasteiger partial charge in [-0.3, -0.25) is 0 Å². The van der Waals surface area contributed by atoms with E-state index in [1.54, 1.807) is 0 Å². The fraction of sp³-hybridized carbons (Fsp3) is 0.833. The van der Waals surface area contributed by atoms with Gasteiger partial charge in [0, 0.05) is 4.43 Å². The fourth-order valence-corrected chi connectivity index (χ4v) is 2.99. The second-order valence-electron chi connectivity index (χ2n) is 5.69. The van der Waals surface area contributed by atoms with Crippen molar-refractivity contribution in [1.29, 1.82) is 0 Å². The van der Waals surface area contributed by atoms with Crippen molar-refractivity contribution in [2.75, 3.05) is 4.43 Å². The van der Waals surface area contributed by atoms with Gasteiger partial charge in [-0.05, 0) is 31.5 Å². The topological polar surface area (TPSA) is 9.23 Å². The Labute approximate surface area is 110 Å². The molecule has 0 rings (SSSR count). The Bertz CT molecular complexity index is 218. The van der Waals surface area contributed by atoms with Crippen LogP contribution >= 0.6 is 22.6 Å². The predicted octanol–water partition coefficient (Wildman–Crippen LogP) is 4.78. The van der Waals surface area contributed by atoms with Crippen LogP contribution in [0.1, 0.15) is 34.1 Å². The van der Waals surface area contributed by atoms with Gasteiger partial charge in [-0.1, -0.05) is 55.5 Å². The van der Waals surface area contributed by atoms with Gasteiger partial charge in [0.15, 0.2) is 8.32 Å². The first-order chi connectivity index (χ1) is 6.62. The number of hydrogen-bond acceptors (Lipinski definition) is 1. The summed E-state index contributed by atoms with van der Waals surface area (Å²) < 4.78 is 7.47. The molecule has 0 saturated heterocycles. The van der Waals surface area contributed by atoms with Crippen LogP contribution in [0.25, 0.3) is 0 Å². The van der Waals surface area contributed by atoms with Crippen LogP contribution in [0.3, 0.4) is 0 Å². The number of rotatable bonds is 5. The Morgan fingerprint density at radius 1 is 1.40 bits per heavy atom. The van der Waals surface area contributed by atoms with Crippen molar-refractivity contribution < 1.29 is 4.43 Å². The van der Waals surface area contributed by atoms with Crippen molar-refractivity contribution in [2.45, 2.75) is 58.4 Å². The van der Waals surface area contributed by atoms with Gasteiger partial charge < -0.3 is 4.43 Å². The van der Waals surface area contributed by atoms with Crippen LogP contribution in [0, 0.1) is 0 Å². The lowest BCUT2D eigenvalue weighted by atomic mass is 10.1. The molecule has 3 heteroatoms. The molecule has 0 saturated carbocycles. The molecule has 15 heavy (non-hydrogen) atoms. The lowest BCUT2D eigenvalue weighted by molar-refractivity contribution is 0.212. The van der Waals surface area contributed by atoms with E-state index in [1.165, 1.54) is 0 Å². The highest BCUT2D eigenvalue weighted by Gasteiger charge is 2.39. The summed E-state index contributed by atoms with van der Waals surface area (Å²) in [6, 6.07) is 0. The van der Waals surface area contributed by atoms with E-state index in [9.17, 15) is 0 Å². The van der Waals surface area contributed by atoms with Crippen LogP contribution < -0.4 is 0 Å². The largest absolute Gasteiger partial charge is 0.410 e. The van der Waals surface area contributed by atoms with E-state index >= 15 is 0 Å². The molecule has 0 aromatic rings. The summed E-state index contributed by atoms with van der Waals surface area (Å²) in [6.07, 6.45) is 1.34. The summed E-state index contributed by atoms with van der Waals surface area (Å²) in [6.45, 7) is 17.5. The van der Waals surface area contributed by atoms with E-state index in [1.807, 2.05) is 0 Å². The van der Waals surface area contributed by atoms with E-state index in [0.29, 0.717) is 0 Å². The summed E-state index contributed by atoms with van der Waals surface area (Å²) in [5.74, 6) is 0. The molecule has 0 spiro atoms. The third-order valence-electron chi connectivity index (χ3n) is 3.16. The van der Waals surface area contributed by atoms with E-state index < -0.39 is 8.32 Å². The smallest absolute Gasteiger partial charge is 0.192 e. The normalized spacial score (nSPS) is 15.1. The maximum Gasteiger partial charge on any atom is 0.192 e. The zero-order valence-corrected chi connectivity index (χ0v) is 14.1. The minimum absolute atomic E-state index is 0.253. The van der Waals surface area contributed by atoms with Gasteiger partial charge in [-0.25, -0.2) is 0 Å². The van der Waals surface area contributed by atoms with Gasteiger partial charge in [0.1, 0.15) is 0 Å². The summed E-state index contributed by atoms with van der Waals surface area (Å²) in [4.78, 5) is 0. The van der Waals surface area contributed by atoms with Crippen LogP contribution in [-0.4, -0.2) is 18.8 Å². The monoisotopic (exact) mass is 340 g/mol. The fourth-order valence-electron chi connectivity index (χ4n) is 1.04. The summed E-state index contributed by atoms with van der Waals surface area (Å²) in [5, 5.41) is 0.284.